The maximum Gasteiger partial charge on any atom is 0.472 e. The Morgan fingerprint density at radius 1 is 0.525 bits per heavy atom. The number of nitrogens with two attached hydrogens (primary N) is 1. The third kappa shape index (κ3) is 45.1. The predicted octanol–water partition coefficient (Wildman–Crippen LogP) is 14.1. The highest BCUT2D eigenvalue weighted by Crippen LogP contribution is 2.43. The topological polar surface area (TPSA) is 134 Å². The highest BCUT2D eigenvalue weighted by Gasteiger charge is 2.26. The molecule has 0 aromatic heterocycles. The number of rotatable bonds is 44. The minimum Gasteiger partial charge on any atom is -0.462 e. The average molecular weight is 850 g/mol. The zero-order chi connectivity index (χ0) is 43.2. The first-order valence-electron chi connectivity index (χ1n) is 23.8. The van der Waals surface area contributed by atoms with Gasteiger partial charge in [0.2, 0.25) is 0 Å². The molecule has 0 saturated carbocycles. The molecule has 0 aliphatic carbocycles. The van der Waals surface area contributed by atoms with Crippen LogP contribution in [-0.2, 0) is 32.7 Å². The van der Waals surface area contributed by atoms with E-state index in [-0.39, 0.29) is 32.6 Å². The highest BCUT2D eigenvalue weighted by atomic mass is 31.2. The van der Waals surface area contributed by atoms with Crippen LogP contribution in [0, 0.1) is 0 Å². The molecule has 0 aromatic rings. The number of carbonyl (C=O) groups excluding carboxylic acids is 2. The molecule has 0 aromatic carbocycles. The van der Waals surface area contributed by atoms with Crippen LogP contribution in [0.4, 0.5) is 0 Å². The summed E-state index contributed by atoms with van der Waals surface area (Å²) in [5, 5.41) is 0. The van der Waals surface area contributed by atoms with Gasteiger partial charge >= 0.3 is 19.8 Å². The van der Waals surface area contributed by atoms with Crippen LogP contribution >= 0.6 is 7.82 Å². The van der Waals surface area contributed by atoms with Crippen molar-refractivity contribution in [2.75, 3.05) is 26.4 Å². The Kier molecular flexibility index (Phi) is 43.5. The molecule has 0 saturated heterocycles. The van der Waals surface area contributed by atoms with Gasteiger partial charge < -0.3 is 20.1 Å². The van der Waals surface area contributed by atoms with Crippen LogP contribution in [0.1, 0.15) is 206 Å². The lowest BCUT2D eigenvalue weighted by atomic mass is 10.0. The summed E-state index contributed by atoms with van der Waals surface area (Å²) in [6, 6.07) is 0. The molecule has 0 rings (SSSR count). The molecular formula is C49H88NO8P. The van der Waals surface area contributed by atoms with Crippen LogP contribution in [0.25, 0.3) is 0 Å². The summed E-state index contributed by atoms with van der Waals surface area (Å²) in [5.74, 6) is -0.843. The lowest BCUT2D eigenvalue weighted by Crippen LogP contribution is -2.29. The fourth-order valence-corrected chi connectivity index (χ4v) is 7.15. The molecule has 0 amide bonds. The van der Waals surface area contributed by atoms with Gasteiger partial charge in [-0.1, -0.05) is 177 Å². The van der Waals surface area contributed by atoms with Gasteiger partial charge in [0.25, 0.3) is 0 Å². The summed E-state index contributed by atoms with van der Waals surface area (Å²) in [6.07, 6.45) is 53.9. The Bertz CT molecular complexity index is 1150. The first-order chi connectivity index (χ1) is 28.8. The van der Waals surface area contributed by atoms with Crippen molar-refractivity contribution in [3.63, 3.8) is 0 Å². The molecule has 0 heterocycles. The highest BCUT2D eigenvalue weighted by molar-refractivity contribution is 7.47. The van der Waals surface area contributed by atoms with E-state index in [1.165, 1.54) is 83.5 Å². The van der Waals surface area contributed by atoms with Gasteiger partial charge in [0.1, 0.15) is 6.61 Å². The Labute approximate surface area is 361 Å². The predicted molar refractivity (Wildman–Crippen MR) is 247 cm³/mol. The van der Waals surface area contributed by atoms with Gasteiger partial charge in [-0.05, 0) is 77.0 Å². The van der Waals surface area contributed by atoms with E-state index in [2.05, 4.69) is 74.6 Å². The number of unbranched alkanes of at least 4 members (excludes halogenated alkanes) is 21. The van der Waals surface area contributed by atoms with E-state index in [0.717, 1.165) is 89.9 Å². The van der Waals surface area contributed by atoms with Crippen molar-refractivity contribution in [2.24, 2.45) is 5.73 Å². The minimum absolute atomic E-state index is 0.0497. The number of phosphoric ester groups is 1. The van der Waals surface area contributed by atoms with E-state index in [0.29, 0.717) is 6.42 Å². The van der Waals surface area contributed by atoms with E-state index >= 15 is 0 Å². The second-order valence-corrected chi connectivity index (χ2v) is 17.0. The number of carbonyl (C=O) groups is 2. The lowest BCUT2D eigenvalue weighted by Gasteiger charge is -2.19. The Morgan fingerprint density at radius 3 is 1.41 bits per heavy atom. The molecular weight excluding hydrogens is 762 g/mol. The van der Waals surface area contributed by atoms with Crippen LogP contribution in [0.2, 0.25) is 0 Å². The molecule has 0 aliphatic rings. The molecule has 3 N–H and O–H groups in total. The SMILES string of the molecule is CC/C=C\C/C=C\C/C=C\C/C=C\CCCCCCCCCCCCC(=O)OC(COC(=O)CCCCCCC/C=C\CCCCCCCC)COP(=O)(O)OCCN. The van der Waals surface area contributed by atoms with Crippen LogP contribution in [0.5, 0.6) is 0 Å². The van der Waals surface area contributed by atoms with Crippen molar-refractivity contribution in [1.82, 2.24) is 0 Å². The molecule has 2 atom stereocenters. The van der Waals surface area contributed by atoms with Crippen LogP contribution in [0.15, 0.2) is 60.8 Å². The van der Waals surface area contributed by atoms with Crippen molar-refractivity contribution in [1.29, 1.82) is 0 Å². The Hall–Kier alpha value is -2.29. The van der Waals surface area contributed by atoms with E-state index < -0.39 is 32.5 Å². The second kappa shape index (κ2) is 45.2. The first kappa shape index (κ1) is 56.7. The van der Waals surface area contributed by atoms with Crippen molar-refractivity contribution < 1.29 is 37.6 Å². The zero-order valence-electron chi connectivity index (χ0n) is 37.7. The number of hydrogen-bond donors (Lipinski definition) is 2. The first-order valence-corrected chi connectivity index (χ1v) is 25.3. The summed E-state index contributed by atoms with van der Waals surface area (Å²) < 4.78 is 32.8. The van der Waals surface area contributed by atoms with Gasteiger partial charge in [-0.2, -0.15) is 0 Å². The maximum atomic E-state index is 12.6. The van der Waals surface area contributed by atoms with Crippen molar-refractivity contribution in [2.45, 2.75) is 213 Å². The van der Waals surface area contributed by atoms with Crippen LogP contribution in [-0.4, -0.2) is 49.3 Å². The summed E-state index contributed by atoms with van der Waals surface area (Å²) in [5.41, 5.74) is 5.36. The standard InChI is InChI=1S/C49H88NO8P/c1-3-5-7-9-11-13-15-17-19-20-21-22-23-24-25-26-28-30-32-34-36-38-40-42-49(52)58-47(46-57-59(53,54)56-44-43-50)45-55-48(51)41-39-37-35-33-31-29-27-18-16-14-12-10-8-6-4-2/h5,7,11,13,17-19,21-22,27,47H,3-4,6,8-10,12,14-16,20,23-26,28-46,50H2,1-2H3,(H,53,54)/b7-5-,13-11-,19-17-,22-21-,27-18-. The number of esters is 2. The number of ether oxygens (including phenoxy) is 2. The van der Waals surface area contributed by atoms with Gasteiger partial charge in [-0.25, -0.2) is 4.57 Å². The number of allylic oxidation sites excluding steroid dienone is 10. The average Bonchev–Trinajstić information content (AvgIpc) is 3.22. The van der Waals surface area contributed by atoms with Gasteiger partial charge in [-0.3, -0.25) is 18.6 Å². The van der Waals surface area contributed by atoms with Crippen LogP contribution in [0.3, 0.4) is 0 Å². The molecule has 9 nitrogen and oxygen atoms in total. The van der Waals surface area contributed by atoms with E-state index in [4.69, 9.17) is 24.3 Å². The molecule has 0 radical (unpaired) electrons. The van der Waals surface area contributed by atoms with Gasteiger partial charge in [-0.15, -0.1) is 0 Å². The molecule has 0 bridgehead atoms. The van der Waals surface area contributed by atoms with Crippen LogP contribution < -0.4 is 5.73 Å². The Morgan fingerprint density at radius 2 is 0.932 bits per heavy atom. The summed E-state index contributed by atoms with van der Waals surface area (Å²) in [6.45, 7) is 3.61. The zero-order valence-corrected chi connectivity index (χ0v) is 38.6. The second-order valence-electron chi connectivity index (χ2n) is 15.6. The summed E-state index contributed by atoms with van der Waals surface area (Å²) in [4.78, 5) is 35.0. The summed E-state index contributed by atoms with van der Waals surface area (Å²) >= 11 is 0. The monoisotopic (exact) mass is 850 g/mol. The third-order valence-corrected chi connectivity index (χ3v) is 10.9. The normalized spacial score (nSPS) is 13.8. The van der Waals surface area contributed by atoms with Crippen molar-refractivity contribution in [3.05, 3.63) is 60.8 Å². The molecule has 59 heavy (non-hydrogen) atoms. The van der Waals surface area contributed by atoms with E-state index in [9.17, 15) is 19.0 Å². The third-order valence-electron chi connectivity index (χ3n) is 9.89. The lowest BCUT2D eigenvalue weighted by molar-refractivity contribution is -0.161. The molecule has 0 fully saturated rings. The van der Waals surface area contributed by atoms with E-state index in [1.807, 2.05) is 0 Å². The smallest absolute Gasteiger partial charge is 0.462 e. The fraction of sp³-hybridized carbons (Fsp3) is 0.755. The largest absolute Gasteiger partial charge is 0.472 e. The van der Waals surface area contributed by atoms with Gasteiger partial charge in [0, 0.05) is 19.4 Å². The quantitative estimate of drug-likeness (QED) is 0.0266. The fourth-order valence-electron chi connectivity index (χ4n) is 6.39. The van der Waals surface area contributed by atoms with Crippen molar-refractivity contribution >= 4 is 19.8 Å². The van der Waals surface area contributed by atoms with Gasteiger partial charge in [0.05, 0.1) is 13.2 Å². The molecule has 0 aliphatic heterocycles. The summed E-state index contributed by atoms with van der Waals surface area (Å²) in [7, 11) is -4.38. The number of phosphoric acid groups is 1. The van der Waals surface area contributed by atoms with Gasteiger partial charge in [0.15, 0.2) is 6.10 Å². The molecule has 342 valence electrons. The van der Waals surface area contributed by atoms with Crippen molar-refractivity contribution in [3.8, 4) is 0 Å². The minimum atomic E-state index is -4.38. The number of hydrogen-bond acceptors (Lipinski definition) is 8. The molecule has 0 spiro atoms. The Balaban J connectivity index is 4.10. The molecule has 2 unspecified atom stereocenters. The molecule has 10 heteroatoms. The maximum absolute atomic E-state index is 12.6. The van der Waals surface area contributed by atoms with E-state index in [1.54, 1.807) is 0 Å².